The van der Waals surface area contributed by atoms with Crippen molar-refractivity contribution in [3.63, 3.8) is 0 Å². The van der Waals surface area contributed by atoms with Crippen LogP contribution in [0, 0.1) is 0 Å². The molecule has 1 amide bonds. The van der Waals surface area contributed by atoms with Gasteiger partial charge < -0.3 is 5.32 Å². The Morgan fingerprint density at radius 3 is 2.59 bits per heavy atom. The van der Waals surface area contributed by atoms with Crippen molar-refractivity contribution in [3.05, 3.63) is 64.1 Å². The largest absolute Gasteiger partial charge is 0.417 e. The first-order valence-electron chi connectivity index (χ1n) is 6.36. The number of carbonyl (C=O) groups excluding carboxylic acids is 1. The molecule has 0 aliphatic heterocycles. The van der Waals surface area contributed by atoms with Gasteiger partial charge in [-0.25, -0.2) is 4.68 Å². The summed E-state index contributed by atoms with van der Waals surface area (Å²) in [5.41, 5.74) is -1.81. The van der Waals surface area contributed by atoms with Crippen molar-refractivity contribution >= 4 is 5.91 Å². The Kier molecular flexibility index (Phi) is 4.59. The molecule has 1 heterocycles. The van der Waals surface area contributed by atoms with E-state index in [1.807, 2.05) is 0 Å². The van der Waals surface area contributed by atoms with Crippen molar-refractivity contribution in [2.24, 2.45) is 0 Å². The molecular formula is C14H12F3N3O2. The van der Waals surface area contributed by atoms with Crippen LogP contribution in [0.3, 0.4) is 0 Å². The van der Waals surface area contributed by atoms with Crippen LogP contribution in [-0.4, -0.2) is 22.2 Å². The summed E-state index contributed by atoms with van der Waals surface area (Å²) >= 11 is 0. The smallest absolute Gasteiger partial charge is 0.350 e. The molecule has 0 unspecified atom stereocenters. The normalized spacial score (nSPS) is 11.2. The van der Waals surface area contributed by atoms with Crippen molar-refractivity contribution in [2.75, 3.05) is 6.54 Å². The van der Waals surface area contributed by atoms with E-state index in [0.717, 1.165) is 16.8 Å². The minimum Gasteiger partial charge on any atom is -0.350 e. The van der Waals surface area contributed by atoms with E-state index in [-0.39, 0.29) is 18.6 Å². The summed E-state index contributed by atoms with van der Waals surface area (Å²) in [7, 11) is 0. The number of alkyl halides is 3. The summed E-state index contributed by atoms with van der Waals surface area (Å²) in [5, 5.41) is 6.13. The number of hydrogen-bond acceptors (Lipinski definition) is 3. The summed E-state index contributed by atoms with van der Waals surface area (Å²) < 4.78 is 39.5. The minimum absolute atomic E-state index is 0.0120. The van der Waals surface area contributed by atoms with Gasteiger partial charge >= 0.3 is 6.18 Å². The van der Waals surface area contributed by atoms with Crippen molar-refractivity contribution in [3.8, 4) is 0 Å². The van der Waals surface area contributed by atoms with Gasteiger partial charge in [0.15, 0.2) is 0 Å². The Morgan fingerprint density at radius 2 is 1.91 bits per heavy atom. The van der Waals surface area contributed by atoms with Gasteiger partial charge in [0.25, 0.3) is 11.5 Å². The average molecular weight is 311 g/mol. The molecule has 5 nitrogen and oxygen atoms in total. The summed E-state index contributed by atoms with van der Waals surface area (Å²) in [6.45, 7) is 0.0571. The van der Waals surface area contributed by atoms with Crippen LogP contribution in [0.15, 0.2) is 47.4 Å². The predicted octanol–water partition coefficient (Wildman–Crippen LogP) is 1.69. The molecule has 1 aromatic heterocycles. The second-order valence-corrected chi connectivity index (χ2v) is 4.38. The zero-order valence-corrected chi connectivity index (χ0v) is 11.3. The average Bonchev–Trinajstić information content (AvgIpc) is 2.48. The van der Waals surface area contributed by atoms with Gasteiger partial charge in [0, 0.05) is 18.8 Å². The molecule has 0 aliphatic carbocycles. The molecule has 116 valence electrons. The molecule has 0 spiro atoms. The second-order valence-electron chi connectivity index (χ2n) is 4.38. The van der Waals surface area contributed by atoms with Crippen LogP contribution in [0.25, 0.3) is 0 Å². The molecule has 0 atom stereocenters. The molecule has 0 fully saturated rings. The topological polar surface area (TPSA) is 64.0 Å². The number of nitrogens with zero attached hydrogens (tertiary/aromatic N) is 2. The number of rotatable bonds is 4. The molecule has 8 heteroatoms. The Labute approximate surface area is 123 Å². The van der Waals surface area contributed by atoms with Gasteiger partial charge in [0.1, 0.15) is 0 Å². The fourth-order valence-electron chi connectivity index (χ4n) is 1.85. The van der Waals surface area contributed by atoms with E-state index in [9.17, 15) is 22.8 Å². The number of carbonyl (C=O) groups is 1. The number of halogens is 3. The Balaban J connectivity index is 2.05. The molecule has 1 aromatic carbocycles. The van der Waals surface area contributed by atoms with Gasteiger partial charge in [-0.3, -0.25) is 9.59 Å². The highest BCUT2D eigenvalue weighted by Gasteiger charge is 2.34. The van der Waals surface area contributed by atoms with Gasteiger partial charge in [-0.15, -0.1) is 0 Å². The fraction of sp³-hybridized carbons (Fsp3) is 0.214. The lowest BCUT2D eigenvalue weighted by Gasteiger charge is -2.12. The number of amides is 1. The highest BCUT2D eigenvalue weighted by atomic mass is 19.4. The third kappa shape index (κ3) is 3.72. The van der Waals surface area contributed by atoms with Crippen molar-refractivity contribution < 1.29 is 18.0 Å². The first-order chi connectivity index (χ1) is 10.4. The number of aromatic nitrogens is 2. The highest BCUT2D eigenvalue weighted by Crippen LogP contribution is 2.31. The maximum atomic E-state index is 12.8. The van der Waals surface area contributed by atoms with Crippen LogP contribution in [-0.2, 0) is 12.7 Å². The molecule has 0 saturated heterocycles. The lowest BCUT2D eigenvalue weighted by Crippen LogP contribution is -2.32. The highest BCUT2D eigenvalue weighted by molar-refractivity contribution is 5.95. The van der Waals surface area contributed by atoms with Crippen LogP contribution < -0.4 is 10.9 Å². The van der Waals surface area contributed by atoms with Crippen LogP contribution in [0.2, 0.25) is 0 Å². The van der Waals surface area contributed by atoms with Crippen molar-refractivity contribution in [1.29, 1.82) is 0 Å². The quantitative estimate of drug-likeness (QED) is 0.934. The summed E-state index contributed by atoms with van der Waals surface area (Å²) in [5.74, 6) is -0.850. The molecule has 0 radical (unpaired) electrons. The van der Waals surface area contributed by atoms with E-state index < -0.39 is 23.2 Å². The fourth-order valence-corrected chi connectivity index (χ4v) is 1.85. The zero-order valence-electron chi connectivity index (χ0n) is 11.3. The van der Waals surface area contributed by atoms with Gasteiger partial charge in [-0.1, -0.05) is 12.1 Å². The molecule has 22 heavy (non-hydrogen) atoms. The van der Waals surface area contributed by atoms with Crippen LogP contribution in [0.5, 0.6) is 0 Å². The molecule has 2 aromatic rings. The van der Waals surface area contributed by atoms with E-state index >= 15 is 0 Å². The first kappa shape index (κ1) is 15.7. The molecule has 0 saturated carbocycles. The SMILES string of the molecule is O=C(NCCn1ncccc1=O)c1ccccc1C(F)(F)F. The van der Waals surface area contributed by atoms with Crippen molar-refractivity contribution in [2.45, 2.75) is 12.7 Å². The van der Waals surface area contributed by atoms with E-state index in [1.54, 1.807) is 0 Å². The third-order valence-corrected chi connectivity index (χ3v) is 2.87. The minimum atomic E-state index is -4.61. The van der Waals surface area contributed by atoms with Crippen LogP contribution in [0.1, 0.15) is 15.9 Å². The monoisotopic (exact) mass is 311 g/mol. The zero-order chi connectivity index (χ0) is 16.2. The van der Waals surface area contributed by atoms with Gasteiger partial charge in [-0.05, 0) is 18.2 Å². The number of nitrogens with one attached hydrogen (secondary N) is 1. The maximum absolute atomic E-state index is 12.8. The van der Waals surface area contributed by atoms with E-state index in [0.29, 0.717) is 0 Å². The Hall–Kier alpha value is -2.64. The van der Waals surface area contributed by atoms with Crippen molar-refractivity contribution in [1.82, 2.24) is 15.1 Å². The van der Waals surface area contributed by atoms with E-state index in [4.69, 9.17) is 0 Å². The molecule has 2 rings (SSSR count). The molecule has 1 N–H and O–H groups in total. The molecular weight excluding hydrogens is 299 g/mol. The number of hydrogen-bond donors (Lipinski definition) is 1. The second kappa shape index (κ2) is 6.42. The van der Waals surface area contributed by atoms with E-state index in [2.05, 4.69) is 10.4 Å². The predicted molar refractivity (Wildman–Crippen MR) is 72.3 cm³/mol. The third-order valence-electron chi connectivity index (χ3n) is 2.87. The summed E-state index contributed by atoms with van der Waals surface area (Å²) in [6, 6.07) is 7.29. The lowest BCUT2D eigenvalue weighted by molar-refractivity contribution is -0.137. The Bertz CT molecular complexity index is 726. The van der Waals surface area contributed by atoms with E-state index in [1.165, 1.54) is 30.5 Å². The lowest BCUT2D eigenvalue weighted by atomic mass is 10.1. The summed E-state index contributed by atoms with van der Waals surface area (Å²) in [4.78, 5) is 23.3. The summed E-state index contributed by atoms with van der Waals surface area (Å²) in [6.07, 6.45) is -3.20. The maximum Gasteiger partial charge on any atom is 0.417 e. The standard InChI is InChI=1S/C14H12F3N3O2/c15-14(16,17)11-5-2-1-4-10(11)13(22)18-8-9-20-12(21)6-3-7-19-20/h1-7H,8-9H2,(H,18,22). The van der Waals surface area contributed by atoms with Gasteiger partial charge in [0.2, 0.25) is 0 Å². The Morgan fingerprint density at radius 1 is 1.18 bits per heavy atom. The first-order valence-corrected chi connectivity index (χ1v) is 6.36. The molecule has 0 aliphatic rings. The van der Waals surface area contributed by atoms with Gasteiger partial charge in [0.05, 0.1) is 17.7 Å². The van der Waals surface area contributed by atoms with Crippen LogP contribution in [0.4, 0.5) is 13.2 Å². The van der Waals surface area contributed by atoms with Crippen LogP contribution >= 0.6 is 0 Å². The van der Waals surface area contributed by atoms with Gasteiger partial charge in [-0.2, -0.15) is 18.3 Å². The number of benzene rings is 1. The molecule has 0 bridgehead atoms.